The van der Waals surface area contributed by atoms with E-state index in [1.807, 2.05) is 0 Å². The third-order valence-electron chi connectivity index (χ3n) is 4.84. The van der Waals surface area contributed by atoms with Crippen molar-refractivity contribution in [3.63, 3.8) is 0 Å². The molecule has 0 aromatic heterocycles. The molecule has 1 aliphatic rings. The first-order chi connectivity index (χ1) is 11.7. The molecule has 128 valence electrons. The average Bonchev–Trinajstić information content (AvgIpc) is 2.60. The van der Waals surface area contributed by atoms with E-state index in [0.29, 0.717) is 5.92 Å². The number of piperidine rings is 1. The summed E-state index contributed by atoms with van der Waals surface area (Å²) in [4.78, 5) is 13.6. The van der Waals surface area contributed by atoms with Crippen molar-refractivity contribution in [3.8, 4) is 5.75 Å². The van der Waals surface area contributed by atoms with E-state index in [1.165, 1.54) is 29.2 Å². The molecule has 4 heteroatoms. The average molecular weight is 326 g/mol. The van der Waals surface area contributed by atoms with Crippen molar-refractivity contribution in [1.29, 1.82) is 0 Å². The van der Waals surface area contributed by atoms with Gasteiger partial charge in [-0.25, -0.2) is 0 Å². The van der Waals surface area contributed by atoms with Crippen molar-refractivity contribution in [3.05, 3.63) is 42.0 Å². The minimum Gasteiger partial charge on any atom is -0.496 e. The van der Waals surface area contributed by atoms with E-state index in [1.54, 1.807) is 14.0 Å². The first-order valence-electron chi connectivity index (χ1n) is 8.69. The summed E-state index contributed by atoms with van der Waals surface area (Å²) in [6, 6.07) is 12.7. The van der Waals surface area contributed by atoms with Crippen LogP contribution in [-0.2, 0) is 11.3 Å². The van der Waals surface area contributed by atoms with Gasteiger partial charge in [-0.05, 0) is 42.1 Å². The molecule has 1 aliphatic heterocycles. The maximum atomic E-state index is 11.1. The number of nitrogens with zero attached hydrogens (tertiary/aromatic N) is 1. The van der Waals surface area contributed by atoms with E-state index >= 15 is 0 Å². The molecule has 2 aromatic rings. The van der Waals surface area contributed by atoms with Gasteiger partial charge in [0.2, 0.25) is 5.91 Å². The predicted molar refractivity (Wildman–Crippen MR) is 97.2 cm³/mol. The van der Waals surface area contributed by atoms with Gasteiger partial charge in [-0.1, -0.05) is 30.3 Å². The summed E-state index contributed by atoms with van der Waals surface area (Å²) in [7, 11) is 1.74. The maximum Gasteiger partial charge on any atom is 0.216 e. The molecule has 0 unspecified atom stereocenters. The number of carbonyl (C=O) groups is 1. The van der Waals surface area contributed by atoms with Crippen LogP contribution in [0.1, 0.15) is 25.3 Å². The zero-order valence-corrected chi connectivity index (χ0v) is 14.5. The van der Waals surface area contributed by atoms with Crippen LogP contribution in [0.4, 0.5) is 0 Å². The molecule has 1 amide bonds. The molecule has 1 fully saturated rings. The van der Waals surface area contributed by atoms with Crippen molar-refractivity contribution in [2.24, 2.45) is 5.92 Å². The number of ether oxygens (including phenoxy) is 1. The van der Waals surface area contributed by atoms with Gasteiger partial charge in [-0.2, -0.15) is 0 Å². The Morgan fingerprint density at radius 1 is 1.29 bits per heavy atom. The molecule has 1 heterocycles. The van der Waals surface area contributed by atoms with Crippen molar-refractivity contribution in [1.82, 2.24) is 10.2 Å². The van der Waals surface area contributed by atoms with Crippen LogP contribution in [0.2, 0.25) is 0 Å². The van der Waals surface area contributed by atoms with Crippen LogP contribution in [0.5, 0.6) is 5.75 Å². The second kappa shape index (κ2) is 7.67. The Hall–Kier alpha value is -2.07. The maximum absolute atomic E-state index is 11.1. The summed E-state index contributed by atoms with van der Waals surface area (Å²) in [6.45, 7) is 5.37. The largest absolute Gasteiger partial charge is 0.496 e. The summed E-state index contributed by atoms with van der Waals surface area (Å²) >= 11 is 0. The smallest absolute Gasteiger partial charge is 0.216 e. The second-order valence-corrected chi connectivity index (χ2v) is 6.65. The number of methoxy groups -OCH3 is 1. The minimum atomic E-state index is 0.0582. The van der Waals surface area contributed by atoms with Crippen LogP contribution in [0.25, 0.3) is 10.8 Å². The number of hydrogen-bond donors (Lipinski definition) is 1. The van der Waals surface area contributed by atoms with Crippen LogP contribution >= 0.6 is 0 Å². The Morgan fingerprint density at radius 2 is 2.12 bits per heavy atom. The minimum absolute atomic E-state index is 0.0582. The van der Waals surface area contributed by atoms with Crippen molar-refractivity contribution < 1.29 is 9.53 Å². The van der Waals surface area contributed by atoms with E-state index in [-0.39, 0.29) is 5.91 Å². The lowest BCUT2D eigenvalue weighted by molar-refractivity contribution is -0.119. The predicted octanol–water partition coefficient (Wildman–Crippen LogP) is 3.20. The molecule has 4 nitrogen and oxygen atoms in total. The van der Waals surface area contributed by atoms with E-state index in [9.17, 15) is 4.79 Å². The van der Waals surface area contributed by atoms with Gasteiger partial charge >= 0.3 is 0 Å². The molecule has 3 rings (SSSR count). The first-order valence-corrected chi connectivity index (χ1v) is 8.69. The highest BCUT2D eigenvalue weighted by atomic mass is 16.5. The molecule has 0 aliphatic carbocycles. The Balaban J connectivity index is 1.77. The molecular weight excluding hydrogens is 300 g/mol. The topological polar surface area (TPSA) is 41.6 Å². The lowest BCUT2D eigenvalue weighted by atomic mass is 9.96. The van der Waals surface area contributed by atoms with Crippen molar-refractivity contribution in [2.75, 3.05) is 26.7 Å². The molecule has 1 N–H and O–H groups in total. The van der Waals surface area contributed by atoms with Crippen LogP contribution in [0.3, 0.4) is 0 Å². The van der Waals surface area contributed by atoms with E-state index in [0.717, 1.165) is 31.9 Å². The number of amides is 1. The zero-order valence-electron chi connectivity index (χ0n) is 14.5. The highest BCUT2D eigenvalue weighted by Crippen LogP contribution is 2.30. The van der Waals surface area contributed by atoms with Gasteiger partial charge in [-0.3, -0.25) is 9.69 Å². The van der Waals surface area contributed by atoms with Gasteiger partial charge in [-0.15, -0.1) is 0 Å². The lowest BCUT2D eigenvalue weighted by Crippen LogP contribution is -2.40. The van der Waals surface area contributed by atoms with Crippen molar-refractivity contribution >= 4 is 16.7 Å². The molecule has 1 atom stereocenters. The number of rotatable bonds is 5. The summed E-state index contributed by atoms with van der Waals surface area (Å²) in [5, 5.41) is 5.48. The molecule has 0 bridgehead atoms. The summed E-state index contributed by atoms with van der Waals surface area (Å²) in [5.41, 5.74) is 1.26. The van der Waals surface area contributed by atoms with Crippen LogP contribution in [0, 0.1) is 5.92 Å². The Kier molecular flexibility index (Phi) is 5.36. The Bertz CT molecular complexity index is 714. The molecule has 24 heavy (non-hydrogen) atoms. The standard InChI is InChI=1S/C20H26N2O2/c1-15(23)21-12-16-6-5-11-22(13-16)14-19-18-8-4-3-7-17(18)9-10-20(19)24-2/h3-4,7-10,16H,5-6,11-14H2,1-2H3,(H,21,23)/t16-/m1/s1. The van der Waals surface area contributed by atoms with Gasteiger partial charge in [0.05, 0.1) is 7.11 Å². The number of hydrogen-bond acceptors (Lipinski definition) is 3. The monoisotopic (exact) mass is 326 g/mol. The lowest BCUT2D eigenvalue weighted by Gasteiger charge is -2.33. The number of carbonyl (C=O) groups excluding carboxylic acids is 1. The normalized spacial score (nSPS) is 18.5. The summed E-state index contributed by atoms with van der Waals surface area (Å²) in [6.07, 6.45) is 2.36. The molecule has 0 saturated carbocycles. The third-order valence-corrected chi connectivity index (χ3v) is 4.84. The number of likely N-dealkylation sites (tertiary alicyclic amines) is 1. The van der Waals surface area contributed by atoms with Gasteiger partial charge < -0.3 is 10.1 Å². The quantitative estimate of drug-likeness (QED) is 0.917. The fourth-order valence-corrected chi connectivity index (χ4v) is 3.64. The fourth-order valence-electron chi connectivity index (χ4n) is 3.64. The molecule has 0 spiro atoms. The first kappa shape index (κ1) is 16.8. The van der Waals surface area contributed by atoms with Gasteiger partial charge in [0.25, 0.3) is 0 Å². The molecular formula is C20H26N2O2. The zero-order chi connectivity index (χ0) is 16.9. The highest BCUT2D eigenvalue weighted by molar-refractivity contribution is 5.87. The second-order valence-electron chi connectivity index (χ2n) is 6.65. The number of nitrogens with one attached hydrogen (secondary N) is 1. The van der Waals surface area contributed by atoms with Crippen LogP contribution in [-0.4, -0.2) is 37.6 Å². The van der Waals surface area contributed by atoms with Crippen LogP contribution in [0.15, 0.2) is 36.4 Å². The number of benzene rings is 2. The van der Waals surface area contributed by atoms with Gasteiger partial charge in [0.15, 0.2) is 0 Å². The highest BCUT2D eigenvalue weighted by Gasteiger charge is 2.21. The summed E-state index contributed by atoms with van der Waals surface area (Å²) in [5.74, 6) is 1.55. The van der Waals surface area contributed by atoms with E-state index in [2.05, 4.69) is 46.6 Å². The molecule has 0 radical (unpaired) electrons. The number of fused-ring (bicyclic) bond motifs is 1. The third kappa shape index (κ3) is 3.88. The molecule has 2 aromatic carbocycles. The molecule has 1 saturated heterocycles. The fraction of sp³-hybridized carbons (Fsp3) is 0.450. The van der Waals surface area contributed by atoms with Gasteiger partial charge in [0.1, 0.15) is 5.75 Å². The SMILES string of the molecule is COc1ccc2ccccc2c1CN1CCC[C@H](CNC(C)=O)C1. The summed E-state index contributed by atoms with van der Waals surface area (Å²) < 4.78 is 5.62. The van der Waals surface area contributed by atoms with Gasteiger partial charge in [0, 0.05) is 32.1 Å². The van der Waals surface area contributed by atoms with E-state index < -0.39 is 0 Å². The van der Waals surface area contributed by atoms with E-state index in [4.69, 9.17) is 4.74 Å². The van der Waals surface area contributed by atoms with Crippen molar-refractivity contribution in [2.45, 2.75) is 26.3 Å². The van der Waals surface area contributed by atoms with Crippen LogP contribution < -0.4 is 10.1 Å². The Morgan fingerprint density at radius 3 is 2.92 bits per heavy atom. The Labute approximate surface area is 143 Å².